The van der Waals surface area contributed by atoms with Gasteiger partial charge in [-0.05, 0) is 39.7 Å². The Labute approximate surface area is 121 Å². The van der Waals surface area contributed by atoms with Gasteiger partial charge >= 0.3 is 0 Å². The van der Waals surface area contributed by atoms with Crippen LogP contribution in [-0.4, -0.2) is 13.7 Å². The second kappa shape index (κ2) is 7.16. The fourth-order valence-electron chi connectivity index (χ4n) is 1.89. The minimum Gasteiger partial charge on any atom is -0.497 e. The van der Waals surface area contributed by atoms with Gasteiger partial charge in [-0.2, -0.15) is 5.26 Å². The maximum absolute atomic E-state index is 8.97. The predicted octanol–water partition coefficient (Wildman–Crippen LogP) is 3.42. The smallest absolute Gasteiger partial charge is 0.127 e. The highest BCUT2D eigenvalue weighted by molar-refractivity contribution is 5.42. The number of nitrogens with two attached hydrogens (primary N) is 1. The van der Waals surface area contributed by atoms with Crippen LogP contribution in [0.1, 0.15) is 45.2 Å². The van der Waals surface area contributed by atoms with Gasteiger partial charge in [0, 0.05) is 17.7 Å². The second-order valence-electron chi connectivity index (χ2n) is 5.64. The zero-order valence-electron chi connectivity index (χ0n) is 12.8. The number of methoxy groups -OCH3 is 1. The number of hydrogen-bond acceptors (Lipinski definition) is 4. The summed E-state index contributed by atoms with van der Waals surface area (Å²) in [6, 6.07) is 7.86. The standard InChI is InChI=1S/C16H24N2O2/c1-12(18)14-7-6-13(19-4)10-15(14)20-9-5-8-16(2,3)11-17/h6-7,10,12H,5,8-9,18H2,1-4H3/t12-/m1/s1. The summed E-state index contributed by atoms with van der Waals surface area (Å²) in [4.78, 5) is 0. The number of nitrogens with zero attached hydrogens (tertiary/aromatic N) is 1. The third-order valence-electron chi connectivity index (χ3n) is 3.22. The highest BCUT2D eigenvalue weighted by atomic mass is 16.5. The molecule has 0 radical (unpaired) electrons. The highest BCUT2D eigenvalue weighted by Gasteiger charge is 2.16. The van der Waals surface area contributed by atoms with Gasteiger partial charge in [-0.1, -0.05) is 6.07 Å². The SMILES string of the molecule is COc1ccc([C@@H](C)N)c(OCCCC(C)(C)C#N)c1. The van der Waals surface area contributed by atoms with Gasteiger partial charge < -0.3 is 15.2 Å². The van der Waals surface area contributed by atoms with Gasteiger partial charge in [-0.3, -0.25) is 0 Å². The fourth-order valence-corrected chi connectivity index (χ4v) is 1.89. The molecule has 0 amide bonds. The Hall–Kier alpha value is -1.73. The molecule has 0 heterocycles. The van der Waals surface area contributed by atoms with E-state index < -0.39 is 0 Å². The van der Waals surface area contributed by atoms with Crippen LogP contribution in [-0.2, 0) is 0 Å². The Morgan fingerprint density at radius 3 is 2.65 bits per heavy atom. The predicted molar refractivity (Wildman–Crippen MR) is 79.7 cm³/mol. The Balaban J connectivity index is 2.65. The summed E-state index contributed by atoms with van der Waals surface area (Å²) in [5.41, 5.74) is 6.60. The summed E-state index contributed by atoms with van der Waals surface area (Å²) in [5.74, 6) is 1.51. The first-order chi connectivity index (χ1) is 9.39. The molecule has 110 valence electrons. The minimum atomic E-state index is -0.304. The van der Waals surface area contributed by atoms with Crippen LogP contribution in [0.25, 0.3) is 0 Å². The van der Waals surface area contributed by atoms with Crippen LogP contribution in [0.2, 0.25) is 0 Å². The van der Waals surface area contributed by atoms with Crippen LogP contribution in [0, 0.1) is 16.7 Å². The van der Waals surface area contributed by atoms with E-state index >= 15 is 0 Å². The van der Waals surface area contributed by atoms with Gasteiger partial charge in [0.05, 0.1) is 25.2 Å². The van der Waals surface area contributed by atoms with Crippen molar-refractivity contribution >= 4 is 0 Å². The highest BCUT2D eigenvalue weighted by Crippen LogP contribution is 2.29. The molecule has 0 bridgehead atoms. The van der Waals surface area contributed by atoms with E-state index in [-0.39, 0.29) is 11.5 Å². The van der Waals surface area contributed by atoms with Crippen LogP contribution in [0.15, 0.2) is 18.2 Å². The fraction of sp³-hybridized carbons (Fsp3) is 0.562. The molecule has 0 spiro atoms. The molecular formula is C16H24N2O2. The number of hydrogen-bond donors (Lipinski definition) is 1. The second-order valence-corrected chi connectivity index (χ2v) is 5.64. The first-order valence-electron chi connectivity index (χ1n) is 6.87. The van der Waals surface area contributed by atoms with Crippen LogP contribution in [0.5, 0.6) is 11.5 Å². The maximum atomic E-state index is 8.97. The molecule has 0 aliphatic rings. The van der Waals surface area contributed by atoms with E-state index in [1.54, 1.807) is 7.11 Å². The lowest BCUT2D eigenvalue weighted by Gasteiger charge is -2.17. The average Bonchev–Trinajstić information content (AvgIpc) is 2.43. The molecule has 4 heteroatoms. The monoisotopic (exact) mass is 276 g/mol. The largest absolute Gasteiger partial charge is 0.497 e. The summed E-state index contributed by atoms with van der Waals surface area (Å²) in [7, 11) is 1.63. The molecule has 1 aromatic carbocycles. The number of ether oxygens (including phenoxy) is 2. The van der Waals surface area contributed by atoms with Gasteiger partial charge in [-0.15, -0.1) is 0 Å². The van der Waals surface area contributed by atoms with E-state index in [9.17, 15) is 0 Å². The molecule has 1 atom stereocenters. The molecule has 0 aliphatic carbocycles. The Morgan fingerprint density at radius 1 is 1.40 bits per heavy atom. The molecular weight excluding hydrogens is 252 g/mol. The number of rotatable bonds is 7. The molecule has 2 N–H and O–H groups in total. The zero-order chi connectivity index (χ0) is 15.2. The van der Waals surface area contributed by atoms with Crippen molar-refractivity contribution in [3.8, 4) is 17.6 Å². The van der Waals surface area contributed by atoms with E-state index in [0.717, 1.165) is 29.9 Å². The van der Waals surface area contributed by atoms with Gasteiger partial charge in [0.2, 0.25) is 0 Å². The van der Waals surface area contributed by atoms with Crippen molar-refractivity contribution in [2.75, 3.05) is 13.7 Å². The lowest BCUT2D eigenvalue weighted by molar-refractivity contribution is 0.279. The first-order valence-corrected chi connectivity index (χ1v) is 6.87. The molecule has 0 fully saturated rings. The summed E-state index contributed by atoms with van der Waals surface area (Å²) < 4.78 is 11.0. The Bertz CT molecular complexity index is 476. The summed E-state index contributed by atoms with van der Waals surface area (Å²) in [6.45, 7) is 6.36. The quantitative estimate of drug-likeness (QED) is 0.775. The molecule has 0 saturated carbocycles. The zero-order valence-corrected chi connectivity index (χ0v) is 12.8. The van der Waals surface area contributed by atoms with Crippen LogP contribution in [0.4, 0.5) is 0 Å². The minimum absolute atomic E-state index is 0.0912. The third kappa shape index (κ3) is 4.75. The number of benzene rings is 1. The lowest BCUT2D eigenvalue weighted by Crippen LogP contribution is -2.12. The van der Waals surface area contributed by atoms with Crippen molar-refractivity contribution in [2.45, 2.75) is 39.7 Å². The van der Waals surface area contributed by atoms with Crippen molar-refractivity contribution in [3.05, 3.63) is 23.8 Å². The molecule has 0 unspecified atom stereocenters. The lowest BCUT2D eigenvalue weighted by atomic mass is 9.90. The van der Waals surface area contributed by atoms with E-state index in [4.69, 9.17) is 20.5 Å². The average molecular weight is 276 g/mol. The molecule has 1 rings (SSSR count). The van der Waals surface area contributed by atoms with Crippen LogP contribution < -0.4 is 15.2 Å². The van der Waals surface area contributed by atoms with Gasteiger partial charge in [0.15, 0.2) is 0 Å². The summed E-state index contributed by atoms with van der Waals surface area (Å²) in [5, 5.41) is 8.97. The normalized spacial score (nSPS) is 12.6. The van der Waals surface area contributed by atoms with Crippen LogP contribution >= 0.6 is 0 Å². The molecule has 4 nitrogen and oxygen atoms in total. The Morgan fingerprint density at radius 2 is 2.10 bits per heavy atom. The van der Waals surface area contributed by atoms with E-state index in [2.05, 4.69) is 6.07 Å². The van der Waals surface area contributed by atoms with Crippen molar-refractivity contribution in [1.82, 2.24) is 0 Å². The van der Waals surface area contributed by atoms with E-state index in [0.29, 0.717) is 6.61 Å². The summed E-state index contributed by atoms with van der Waals surface area (Å²) >= 11 is 0. The van der Waals surface area contributed by atoms with Crippen molar-refractivity contribution in [1.29, 1.82) is 5.26 Å². The molecule has 0 saturated heterocycles. The third-order valence-corrected chi connectivity index (χ3v) is 3.22. The van der Waals surface area contributed by atoms with Crippen molar-refractivity contribution < 1.29 is 9.47 Å². The van der Waals surface area contributed by atoms with Crippen molar-refractivity contribution in [2.24, 2.45) is 11.1 Å². The van der Waals surface area contributed by atoms with Crippen LogP contribution in [0.3, 0.4) is 0 Å². The topological polar surface area (TPSA) is 68.3 Å². The molecule has 0 aliphatic heterocycles. The van der Waals surface area contributed by atoms with Gasteiger partial charge in [-0.25, -0.2) is 0 Å². The Kier molecular flexibility index (Phi) is 5.84. The van der Waals surface area contributed by atoms with Gasteiger partial charge in [0.1, 0.15) is 11.5 Å². The molecule has 1 aromatic rings. The molecule has 20 heavy (non-hydrogen) atoms. The molecule has 0 aromatic heterocycles. The number of nitriles is 1. The van der Waals surface area contributed by atoms with Gasteiger partial charge in [0.25, 0.3) is 0 Å². The first kappa shape index (κ1) is 16.3. The maximum Gasteiger partial charge on any atom is 0.127 e. The van der Waals surface area contributed by atoms with E-state index in [1.807, 2.05) is 39.0 Å². The van der Waals surface area contributed by atoms with Crippen molar-refractivity contribution in [3.63, 3.8) is 0 Å². The van der Waals surface area contributed by atoms with E-state index in [1.165, 1.54) is 0 Å². The summed E-state index contributed by atoms with van der Waals surface area (Å²) in [6.07, 6.45) is 1.64.